The fraction of sp³-hybridized carbons (Fsp3) is 0.211. The Hall–Kier alpha value is -2.93. The Labute approximate surface area is 155 Å². The van der Waals surface area contributed by atoms with E-state index in [4.69, 9.17) is 9.47 Å². The van der Waals surface area contributed by atoms with Gasteiger partial charge in [0, 0.05) is 19.2 Å². The van der Waals surface area contributed by atoms with Gasteiger partial charge in [0.15, 0.2) is 6.61 Å². The fourth-order valence-corrected chi connectivity index (χ4v) is 3.20. The molecule has 0 saturated heterocycles. The van der Waals surface area contributed by atoms with Crippen LogP contribution in [0.25, 0.3) is 10.2 Å². The zero-order valence-corrected chi connectivity index (χ0v) is 15.3. The number of thiazole rings is 1. The van der Waals surface area contributed by atoms with E-state index in [0.717, 1.165) is 15.8 Å². The number of fused-ring (bicyclic) bond motifs is 1. The van der Waals surface area contributed by atoms with E-state index in [1.807, 2.05) is 24.3 Å². The molecule has 0 aliphatic carbocycles. The molecule has 0 aliphatic rings. The van der Waals surface area contributed by atoms with E-state index in [1.165, 1.54) is 16.2 Å². The molecule has 7 heteroatoms. The molecule has 0 bridgehead atoms. The molecule has 0 saturated carbocycles. The summed E-state index contributed by atoms with van der Waals surface area (Å²) in [7, 11) is 3.24. The topological polar surface area (TPSA) is 68.7 Å². The molecule has 1 aromatic heterocycles. The molecule has 1 amide bonds. The minimum atomic E-state index is -0.528. The molecule has 0 atom stereocenters. The van der Waals surface area contributed by atoms with Crippen LogP contribution in [0.1, 0.15) is 15.9 Å². The largest absolute Gasteiger partial charge is 0.496 e. The highest BCUT2D eigenvalue weighted by molar-refractivity contribution is 7.16. The number of aromatic nitrogens is 1. The summed E-state index contributed by atoms with van der Waals surface area (Å²) in [5, 5.41) is 0. The van der Waals surface area contributed by atoms with Crippen LogP contribution in [0.15, 0.2) is 48.0 Å². The van der Waals surface area contributed by atoms with Gasteiger partial charge >= 0.3 is 5.97 Å². The lowest BCUT2D eigenvalue weighted by molar-refractivity contribution is -0.133. The Balaban J connectivity index is 1.58. The van der Waals surface area contributed by atoms with E-state index in [1.54, 1.807) is 37.9 Å². The molecule has 134 valence electrons. The van der Waals surface area contributed by atoms with Crippen molar-refractivity contribution in [2.24, 2.45) is 0 Å². The van der Waals surface area contributed by atoms with Crippen LogP contribution in [0.4, 0.5) is 0 Å². The molecule has 3 rings (SSSR count). The highest BCUT2D eigenvalue weighted by atomic mass is 32.1. The van der Waals surface area contributed by atoms with Crippen LogP contribution < -0.4 is 4.74 Å². The number of methoxy groups -OCH3 is 1. The van der Waals surface area contributed by atoms with Crippen LogP contribution in [0.5, 0.6) is 5.75 Å². The van der Waals surface area contributed by atoms with Gasteiger partial charge in [-0.05, 0) is 24.3 Å². The van der Waals surface area contributed by atoms with E-state index in [2.05, 4.69) is 4.98 Å². The quantitative estimate of drug-likeness (QED) is 0.624. The first kappa shape index (κ1) is 17.9. The second kappa shape index (κ2) is 7.97. The molecule has 26 heavy (non-hydrogen) atoms. The first-order chi connectivity index (χ1) is 12.6. The summed E-state index contributed by atoms with van der Waals surface area (Å²) in [6, 6.07) is 12.6. The molecule has 0 aliphatic heterocycles. The summed E-state index contributed by atoms with van der Waals surface area (Å²) >= 11 is 1.45. The van der Waals surface area contributed by atoms with E-state index < -0.39 is 5.97 Å². The van der Waals surface area contributed by atoms with Gasteiger partial charge in [0.2, 0.25) is 0 Å². The van der Waals surface area contributed by atoms with Gasteiger partial charge in [-0.2, -0.15) is 0 Å². The number of esters is 1. The number of ether oxygens (including phenoxy) is 2. The predicted octanol–water partition coefficient (Wildman–Crippen LogP) is 3.12. The normalized spacial score (nSPS) is 10.5. The molecule has 0 radical (unpaired) electrons. The van der Waals surface area contributed by atoms with Gasteiger partial charge in [-0.25, -0.2) is 9.78 Å². The second-order valence-corrected chi connectivity index (χ2v) is 6.56. The highest BCUT2D eigenvalue weighted by Gasteiger charge is 2.15. The Morgan fingerprint density at radius 2 is 2.00 bits per heavy atom. The molecule has 3 aromatic rings. The number of para-hydroxylation sites is 1. The van der Waals surface area contributed by atoms with Crippen molar-refractivity contribution in [3.8, 4) is 5.75 Å². The predicted molar refractivity (Wildman–Crippen MR) is 99.4 cm³/mol. The molecule has 0 fully saturated rings. The number of hydrogen-bond acceptors (Lipinski definition) is 6. The molecule has 0 spiro atoms. The number of amides is 1. The summed E-state index contributed by atoms with van der Waals surface area (Å²) in [6.45, 7) is 0.0540. The zero-order valence-electron chi connectivity index (χ0n) is 14.5. The Morgan fingerprint density at radius 3 is 2.81 bits per heavy atom. The van der Waals surface area contributed by atoms with Crippen molar-refractivity contribution in [2.75, 3.05) is 20.8 Å². The average Bonchev–Trinajstić information content (AvgIpc) is 3.13. The summed E-state index contributed by atoms with van der Waals surface area (Å²) < 4.78 is 11.3. The van der Waals surface area contributed by atoms with Crippen molar-refractivity contribution < 1.29 is 19.1 Å². The van der Waals surface area contributed by atoms with Crippen molar-refractivity contribution in [3.05, 3.63) is 59.1 Å². The number of hydrogen-bond donors (Lipinski definition) is 0. The van der Waals surface area contributed by atoms with Gasteiger partial charge in [-0.15, -0.1) is 11.3 Å². The van der Waals surface area contributed by atoms with Gasteiger partial charge < -0.3 is 14.4 Å². The fourth-order valence-electron chi connectivity index (χ4n) is 2.48. The monoisotopic (exact) mass is 370 g/mol. The second-order valence-electron chi connectivity index (χ2n) is 5.67. The van der Waals surface area contributed by atoms with E-state index >= 15 is 0 Å². The lowest BCUT2D eigenvalue weighted by Gasteiger charge is -2.18. The van der Waals surface area contributed by atoms with Crippen LogP contribution in [0.2, 0.25) is 0 Å². The molecule has 1 heterocycles. The van der Waals surface area contributed by atoms with Crippen molar-refractivity contribution in [1.29, 1.82) is 0 Å². The molecule has 2 aromatic carbocycles. The van der Waals surface area contributed by atoms with Crippen LogP contribution in [0.3, 0.4) is 0 Å². The zero-order chi connectivity index (χ0) is 18.5. The third-order valence-corrected chi connectivity index (χ3v) is 4.71. The standard InChI is InChI=1S/C19H18N2O4S/c1-21(10-14-5-3-4-6-16(14)24-2)18(22)11-25-19(23)13-7-8-15-17(9-13)26-12-20-15/h3-9,12H,10-11H2,1-2H3. The van der Waals surface area contributed by atoms with Crippen molar-refractivity contribution in [2.45, 2.75) is 6.54 Å². The maximum atomic E-state index is 12.3. The maximum absolute atomic E-state index is 12.3. The van der Waals surface area contributed by atoms with E-state index in [-0.39, 0.29) is 12.5 Å². The molecular formula is C19H18N2O4S. The van der Waals surface area contributed by atoms with Gasteiger partial charge in [-0.1, -0.05) is 18.2 Å². The number of rotatable bonds is 6. The molecule has 0 N–H and O–H groups in total. The van der Waals surface area contributed by atoms with E-state index in [0.29, 0.717) is 17.9 Å². The molecule has 6 nitrogen and oxygen atoms in total. The minimum absolute atomic E-state index is 0.289. The van der Waals surface area contributed by atoms with Gasteiger partial charge in [-0.3, -0.25) is 4.79 Å². The third kappa shape index (κ3) is 4.00. The number of nitrogens with zero attached hydrogens (tertiary/aromatic N) is 2. The van der Waals surface area contributed by atoms with Crippen LogP contribution in [0, 0.1) is 0 Å². The Kier molecular flexibility index (Phi) is 5.48. The Bertz CT molecular complexity index is 938. The molecular weight excluding hydrogens is 352 g/mol. The number of likely N-dealkylation sites (N-methyl/N-ethyl adjacent to an activating group) is 1. The SMILES string of the molecule is COc1ccccc1CN(C)C(=O)COC(=O)c1ccc2ncsc2c1. The first-order valence-corrected chi connectivity index (χ1v) is 8.82. The lowest BCUT2D eigenvalue weighted by Crippen LogP contribution is -2.31. The molecule has 0 unspecified atom stereocenters. The van der Waals surface area contributed by atoms with Crippen molar-refractivity contribution in [1.82, 2.24) is 9.88 Å². The van der Waals surface area contributed by atoms with Crippen molar-refractivity contribution >= 4 is 33.4 Å². The summed E-state index contributed by atoms with van der Waals surface area (Å²) in [6.07, 6.45) is 0. The smallest absolute Gasteiger partial charge is 0.338 e. The Morgan fingerprint density at radius 1 is 1.19 bits per heavy atom. The third-order valence-electron chi connectivity index (χ3n) is 3.92. The van der Waals surface area contributed by atoms with Crippen LogP contribution in [-0.4, -0.2) is 42.5 Å². The number of carbonyl (C=O) groups excluding carboxylic acids is 2. The summed E-state index contributed by atoms with van der Waals surface area (Å²) in [5.41, 5.74) is 3.84. The van der Waals surface area contributed by atoms with E-state index in [9.17, 15) is 9.59 Å². The summed E-state index contributed by atoms with van der Waals surface area (Å²) in [5.74, 6) is -0.107. The van der Waals surface area contributed by atoms with Crippen molar-refractivity contribution in [3.63, 3.8) is 0 Å². The van der Waals surface area contributed by atoms with Gasteiger partial charge in [0.05, 0.1) is 28.4 Å². The lowest BCUT2D eigenvalue weighted by atomic mass is 10.2. The minimum Gasteiger partial charge on any atom is -0.496 e. The van der Waals surface area contributed by atoms with Gasteiger partial charge in [0.25, 0.3) is 5.91 Å². The maximum Gasteiger partial charge on any atom is 0.338 e. The van der Waals surface area contributed by atoms with Crippen LogP contribution in [-0.2, 0) is 16.1 Å². The van der Waals surface area contributed by atoms with Gasteiger partial charge in [0.1, 0.15) is 5.75 Å². The van der Waals surface area contributed by atoms with Crippen LogP contribution >= 0.6 is 11.3 Å². The summed E-state index contributed by atoms with van der Waals surface area (Å²) in [4.78, 5) is 30.1. The average molecular weight is 370 g/mol. The number of carbonyl (C=O) groups is 2. The highest BCUT2D eigenvalue weighted by Crippen LogP contribution is 2.20. The first-order valence-electron chi connectivity index (χ1n) is 7.94. The number of benzene rings is 2.